The Labute approximate surface area is 283 Å². The van der Waals surface area contributed by atoms with Gasteiger partial charge >= 0.3 is 5.97 Å². The van der Waals surface area contributed by atoms with Gasteiger partial charge in [0.05, 0.1) is 19.8 Å². The lowest BCUT2D eigenvalue weighted by molar-refractivity contribution is 0.0692. The van der Waals surface area contributed by atoms with E-state index in [4.69, 9.17) is 18.9 Å². The minimum Gasteiger partial charge on any atom is -0.493 e. The molecule has 0 saturated carbocycles. The summed E-state index contributed by atoms with van der Waals surface area (Å²) in [5.74, 6) is 1.46. The quantitative estimate of drug-likeness (QED) is 0.0791. The molecule has 3 rings (SSSR count). The standard InChI is InChI=1S/C41H58O6/c1-2-3-4-5-6-7-8-9-10-11-12-13-14-15-16-20-30-45-38-28-29-39(41(42)43)40(33-38)46-32-21-31-44-36-24-26-37(27-25-36)47-34-35-22-18-17-19-23-35/h17-19,22-29,33H,2-16,20-21,30-32,34H2,1H3,(H,42,43). The highest BCUT2D eigenvalue weighted by atomic mass is 16.5. The third-order valence-corrected chi connectivity index (χ3v) is 8.34. The van der Waals surface area contributed by atoms with Crippen LogP contribution in [-0.4, -0.2) is 30.9 Å². The molecule has 0 unspecified atom stereocenters. The number of carboxylic acids is 1. The Hall–Kier alpha value is -3.67. The lowest BCUT2D eigenvalue weighted by Crippen LogP contribution is -2.08. The van der Waals surface area contributed by atoms with Crippen molar-refractivity contribution in [1.29, 1.82) is 0 Å². The maximum Gasteiger partial charge on any atom is 0.339 e. The zero-order valence-corrected chi connectivity index (χ0v) is 28.8. The predicted octanol–water partition coefficient (Wildman–Crippen LogP) is 11.5. The van der Waals surface area contributed by atoms with Crippen LogP contribution in [0.3, 0.4) is 0 Å². The Balaban J connectivity index is 1.21. The highest BCUT2D eigenvalue weighted by molar-refractivity contribution is 5.91. The third-order valence-electron chi connectivity index (χ3n) is 8.34. The molecule has 0 bridgehead atoms. The van der Waals surface area contributed by atoms with Crippen molar-refractivity contribution in [2.75, 3.05) is 19.8 Å². The molecule has 47 heavy (non-hydrogen) atoms. The second-order valence-corrected chi connectivity index (χ2v) is 12.4. The topological polar surface area (TPSA) is 74.2 Å². The zero-order chi connectivity index (χ0) is 33.2. The summed E-state index contributed by atoms with van der Waals surface area (Å²) in [5.41, 5.74) is 1.25. The van der Waals surface area contributed by atoms with E-state index in [0.717, 1.165) is 29.9 Å². The number of carbonyl (C=O) groups is 1. The van der Waals surface area contributed by atoms with E-state index in [0.29, 0.717) is 44.3 Å². The van der Waals surface area contributed by atoms with Crippen LogP contribution in [0.2, 0.25) is 0 Å². The SMILES string of the molecule is CCCCCCCCCCCCCCCCCCOc1ccc(C(=O)O)c(OCCCOc2ccc(OCc3ccccc3)cc2)c1. The van der Waals surface area contributed by atoms with E-state index in [9.17, 15) is 9.90 Å². The lowest BCUT2D eigenvalue weighted by Gasteiger charge is -2.13. The van der Waals surface area contributed by atoms with E-state index in [1.54, 1.807) is 18.2 Å². The molecule has 0 saturated heterocycles. The Morgan fingerprint density at radius 2 is 0.979 bits per heavy atom. The molecule has 258 valence electrons. The van der Waals surface area contributed by atoms with E-state index >= 15 is 0 Å². The molecule has 0 heterocycles. The lowest BCUT2D eigenvalue weighted by atomic mass is 10.0. The van der Waals surface area contributed by atoms with Gasteiger partial charge in [0, 0.05) is 12.5 Å². The first kappa shape index (κ1) is 37.8. The summed E-state index contributed by atoms with van der Waals surface area (Å²) >= 11 is 0. The molecular formula is C41H58O6. The minimum atomic E-state index is -1.02. The largest absolute Gasteiger partial charge is 0.493 e. The fourth-order valence-electron chi connectivity index (χ4n) is 5.53. The number of hydrogen-bond donors (Lipinski definition) is 1. The van der Waals surface area contributed by atoms with Crippen molar-refractivity contribution in [3.63, 3.8) is 0 Å². The first-order chi connectivity index (χ1) is 23.2. The van der Waals surface area contributed by atoms with Gasteiger partial charge in [0.25, 0.3) is 0 Å². The molecule has 6 heteroatoms. The fourth-order valence-corrected chi connectivity index (χ4v) is 5.53. The van der Waals surface area contributed by atoms with Crippen molar-refractivity contribution >= 4 is 5.97 Å². The van der Waals surface area contributed by atoms with Crippen LogP contribution in [0.1, 0.15) is 132 Å². The molecule has 0 aromatic heterocycles. The van der Waals surface area contributed by atoms with Crippen LogP contribution in [0.4, 0.5) is 0 Å². The van der Waals surface area contributed by atoms with Gasteiger partial charge in [-0.3, -0.25) is 0 Å². The molecular weight excluding hydrogens is 588 g/mol. The molecule has 0 fully saturated rings. The first-order valence-corrected chi connectivity index (χ1v) is 18.2. The average molecular weight is 647 g/mol. The summed E-state index contributed by atoms with van der Waals surface area (Å²) in [6.45, 7) is 4.19. The van der Waals surface area contributed by atoms with Crippen LogP contribution >= 0.6 is 0 Å². The fraction of sp³-hybridized carbons (Fsp3) is 0.537. The predicted molar refractivity (Wildman–Crippen MR) is 191 cm³/mol. The highest BCUT2D eigenvalue weighted by Crippen LogP contribution is 2.26. The molecule has 3 aromatic rings. The van der Waals surface area contributed by atoms with Gasteiger partial charge in [0.1, 0.15) is 35.2 Å². The number of aromatic carboxylic acids is 1. The van der Waals surface area contributed by atoms with Crippen LogP contribution in [0, 0.1) is 0 Å². The van der Waals surface area contributed by atoms with E-state index in [-0.39, 0.29) is 5.56 Å². The van der Waals surface area contributed by atoms with E-state index in [1.807, 2.05) is 54.6 Å². The van der Waals surface area contributed by atoms with Gasteiger partial charge in [-0.1, -0.05) is 134 Å². The molecule has 0 aliphatic rings. The van der Waals surface area contributed by atoms with Crippen molar-refractivity contribution in [2.45, 2.75) is 123 Å². The molecule has 1 N–H and O–H groups in total. The van der Waals surface area contributed by atoms with Gasteiger partial charge < -0.3 is 24.1 Å². The maximum atomic E-state index is 11.7. The van der Waals surface area contributed by atoms with E-state index < -0.39 is 5.97 Å². The summed E-state index contributed by atoms with van der Waals surface area (Å²) in [6.07, 6.45) is 22.0. The monoisotopic (exact) mass is 646 g/mol. The molecule has 0 aliphatic carbocycles. The molecule has 0 aliphatic heterocycles. The maximum absolute atomic E-state index is 11.7. The van der Waals surface area contributed by atoms with Gasteiger partial charge in [-0.25, -0.2) is 4.79 Å². The zero-order valence-electron chi connectivity index (χ0n) is 28.8. The van der Waals surface area contributed by atoms with Gasteiger partial charge in [-0.05, 0) is 48.4 Å². The number of unbranched alkanes of at least 4 members (excludes halogenated alkanes) is 15. The number of benzene rings is 3. The van der Waals surface area contributed by atoms with Crippen molar-refractivity contribution in [2.24, 2.45) is 0 Å². The minimum absolute atomic E-state index is 0.131. The Morgan fingerprint density at radius 3 is 1.55 bits per heavy atom. The smallest absolute Gasteiger partial charge is 0.339 e. The van der Waals surface area contributed by atoms with Gasteiger partial charge in [-0.2, -0.15) is 0 Å². The van der Waals surface area contributed by atoms with Crippen LogP contribution < -0.4 is 18.9 Å². The summed E-state index contributed by atoms with van der Waals surface area (Å²) in [5, 5.41) is 9.61. The average Bonchev–Trinajstić information content (AvgIpc) is 3.09. The molecule has 0 amide bonds. The van der Waals surface area contributed by atoms with Crippen molar-refractivity contribution in [3.05, 3.63) is 83.9 Å². The first-order valence-electron chi connectivity index (χ1n) is 18.2. The van der Waals surface area contributed by atoms with Gasteiger partial charge in [-0.15, -0.1) is 0 Å². The van der Waals surface area contributed by atoms with E-state index in [2.05, 4.69) is 6.92 Å². The van der Waals surface area contributed by atoms with E-state index in [1.165, 1.54) is 89.9 Å². The number of hydrogen-bond acceptors (Lipinski definition) is 5. The van der Waals surface area contributed by atoms with Crippen LogP contribution in [-0.2, 0) is 6.61 Å². The van der Waals surface area contributed by atoms with Gasteiger partial charge in [0.15, 0.2) is 0 Å². The molecule has 0 spiro atoms. The second kappa shape index (κ2) is 24.5. The summed E-state index contributed by atoms with van der Waals surface area (Å²) in [4.78, 5) is 11.7. The number of carboxylic acid groups (broad SMARTS) is 1. The number of ether oxygens (including phenoxy) is 4. The normalized spacial score (nSPS) is 10.9. The molecule has 6 nitrogen and oxygen atoms in total. The summed E-state index contributed by atoms with van der Waals surface area (Å²) in [7, 11) is 0. The molecule has 3 aromatic carbocycles. The van der Waals surface area contributed by atoms with Crippen LogP contribution in [0.5, 0.6) is 23.0 Å². The van der Waals surface area contributed by atoms with Gasteiger partial charge in [0.2, 0.25) is 0 Å². The molecule has 0 radical (unpaired) electrons. The second-order valence-electron chi connectivity index (χ2n) is 12.4. The van der Waals surface area contributed by atoms with Crippen molar-refractivity contribution in [1.82, 2.24) is 0 Å². The Morgan fingerprint density at radius 1 is 0.511 bits per heavy atom. The Kier molecular flexibility index (Phi) is 19.7. The summed E-state index contributed by atoms with van der Waals surface area (Å²) in [6, 6.07) is 22.5. The Bertz CT molecular complexity index is 1210. The van der Waals surface area contributed by atoms with Crippen molar-refractivity contribution < 1.29 is 28.8 Å². The third kappa shape index (κ3) is 17.2. The van der Waals surface area contributed by atoms with Crippen LogP contribution in [0.15, 0.2) is 72.8 Å². The molecule has 0 atom stereocenters. The highest BCUT2D eigenvalue weighted by Gasteiger charge is 2.13. The van der Waals surface area contributed by atoms with Crippen LogP contribution in [0.25, 0.3) is 0 Å². The summed E-state index contributed by atoms with van der Waals surface area (Å²) < 4.78 is 23.4. The van der Waals surface area contributed by atoms with Crippen molar-refractivity contribution in [3.8, 4) is 23.0 Å². The number of rotatable bonds is 28.